The summed E-state index contributed by atoms with van der Waals surface area (Å²) in [5.74, 6) is 0.982. The zero-order chi connectivity index (χ0) is 24.4. The molecule has 0 radical (unpaired) electrons. The Hall–Kier alpha value is -3.97. The molecule has 0 amide bonds. The predicted octanol–water partition coefficient (Wildman–Crippen LogP) is 4.71. The Kier molecular flexibility index (Phi) is 6.33. The molecule has 2 heterocycles. The van der Waals surface area contributed by atoms with Gasteiger partial charge in [0.05, 0.1) is 19.8 Å². The molecular formula is C28H28N2O5. The predicted molar refractivity (Wildman–Crippen MR) is 135 cm³/mol. The first-order valence-corrected chi connectivity index (χ1v) is 11.6. The maximum Gasteiger partial charge on any atom is 0.197 e. The molecule has 1 saturated heterocycles. The van der Waals surface area contributed by atoms with Gasteiger partial charge in [-0.05, 0) is 42.5 Å². The minimum Gasteiger partial charge on any atom is -0.508 e. The highest BCUT2D eigenvalue weighted by atomic mass is 16.5. The van der Waals surface area contributed by atoms with Crippen molar-refractivity contribution < 1.29 is 23.8 Å². The van der Waals surface area contributed by atoms with Gasteiger partial charge in [-0.2, -0.15) is 0 Å². The summed E-state index contributed by atoms with van der Waals surface area (Å²) in [6, 6.07) is 18.8. The Morgan fingerprint density at radius 1 is 0.943 bits per heavy atom. The number of anilines is 1. The monoisotopic (exact) mass is 472 g/mol. The maximum absolute atomic E-state index is 13.5. The van der Waals surface area contributed by atoms with Crippen molar-refractivity contribution in [3.05, 3.63) is 83.6 Å². The van der Waals surface area contributed by atoms with Crippen LogP contribution in [0.5, 0.6) is 17.2 Å². The number of rotatable bonds is 7. The van der Waals surface area contributed by atoms with E-state index in [0.29, 0.717) is 45.7 Å². The largest absolute Gasteiger partial charge is 0.508 e. The normalized spacial score (nSPS) is 14.3. The molecule has 0 saturated carbocycles. The number of phenols is 1. The Labute approximate surface area is 204 Å². The topological polar surface area (TPSA) is 75.4 Å². The Bertz CT molecular complexity index is 1340. The molecule has 7 nitrogen and oxygen atoms in total. The Morgan fingerprint density at radius 3 is 2.40 bits per heavy atom. The van der Waals surface area contributed by atoms with Crippen molar-refractivity contribution in [2.75, 3.05) is 45.3 Å². The molecule has 1 aliphatic heterocycles. The number of hydrogen-bond acceptors (Lipinski definition) is 7. The first-order chi connectivity index (χ1) is 17.1. The second-order valence-corrected chi connectivity index (χ2v) is 8.58. The molecule has 0 bridgehead atoms. The molecule has 4 aromatic rings. The van der Waals surface area contributed by atoms with Crippen LogP contribution in [-0.2, 0) is 6.54 Å². The van der Waals surface area contributed by atoms with Crippen LogP contribution < -0.4 is 14.4 Å². The van der Waals surface area contributed by atoms with Gasteiger partial charge in [0.2, 0.25) is 0 Å². The van der Waals surface area contributed by atoms with E-state index >= 15 is 0 Å². The lowest BCUT2D eigenvalue weighted by atomic mass is 9.98. The summed E-state index contributed by atoms with van der Waals surface area (Å²) in [5.41, 5.74) is 3.37. The van der Waals surface area contributed by atoms with Gasteiger partial charge in [-0.1, -0.05) is 18.2 Å². The number of fused-ring (bicyclic) bond motifs is 1. The highest BCUT2D eigenvalue weighted by molar-refractivity contribution is 6.17. The highest BCUT2D eigenvalue weighted by Gasteiger charge is 2.24. The minimum absolute atomic E-state index is 0.158. The van der Waals surface area contributed by atoms with E-state index < -0.39 is 0 Å². The standard InChI is InChI=1S/C28H28N2O5/c1-33-24-10-8-19(16-26(24)34-2)28(32)22-18-35-25-11-9-23(31)21(27(22)25)17-29-12-14-30(15-13-29)20-6-4-3-5-7-20/h3-11,16,18,31H,12-15,17H2,1-2H3. The van der Waals surface area contributed by atoms with Crippen molar-refractivity contribution >= 4 is 22.4 Å². The zero-order valence-corrected chi connectivity index (χ0v) is 19.9. The van der Waals surface area contributed by atoms with Gasteiger partial charge >= 0.3 is 0 Å². The average Bonchev–Trinajstić information content (AvgIpc) is 3.34. The maximum atomic E-state index is 13.5. The number of furan rings is 1. The molecule has 5 rings (SSSR count). The molecular weight excluding hydrogens is 444 g/mol. The van der Waals surface area contributed by atoms with Crippen molar-refractivity contribution in [3.8, 4) is 17.2 Å². The van der Waals surface area contributed by atoms with Crippen LogP contribution in [-0.4, -0.2) is 56.2 Å². The molecule has 0 unspecified atom stereocenters. The third-order valence-corrected chi connectivity index (χ3v) is 6.59. The molecule has 1 fully saturated rings. The number of piperazine rings is 1. The van der Waals surface area contributed by atoms with Crippen LogP contribution in [0.4, 0.5) is 5.69 Å². The fraction of sp³-hybridized carbons (Fsp3) is 0.250. The van der Waals surface area contributed by atoms with E-state index in [9.17, 15) is 9.90 Å². The van der Waals surface area contributed by atoms with Gasteiger partial charge in [0, 0.05) is 54.9 Å². The first-order valence-electron chi connectivity index (χ1n) is 11.6. The van der Waals surface area contributed by atoms with Crippen LogP contribution in [0, 0.1) is 0 Å². The van der Waals surface area contributed by atoms with E-state index in [2.05, 4.69) is 34.1 Å². The van der Waals surface area contributed by atoms with Gasteiger partial charge in [-0.15, -0.1) is 0 Å². The fourth-order valence-electron chi connectivity index (χ4n) is 4.68. The smallest absolute Gasteiger partial charge is 0.197 e. The molecule has 7 heteroatoms. The lowest BCUT2D eigenvalue weighted by Gasteiger charge is -2.36. The third kappa shape index (κ3) is 4.42. The van der Waals surface area contributed by atoms with Crippen LogP contribution in [0.15, 0.2) is 71.3 Å². The molecule has 0 aliphatic carbocycles. The van der Waals surface area contributed by atoms with Gasteiger partial charge in [-0.25, -0.2) is 0 Å². The summed E-state index contributed by atoms with van der Waals surface area (Å²) >= 11 is 0. The summed E-state index contributed by atoms with van der Waals surface area (Å²) in [6.45, 7) is 4.01. The number of carbonyl (C=O) groups is 1. The number of carbonyl (C=O) groups excluding carboxylic acids is 1. The molecule has 1 N–H and O–H groups in total. The van der Waals surface area contributed by atoms with Crippen LogP contribution in [0.25, 0.3) is 11.0 Å². The molecule has 180 valence electrons. The van der Waals surface area contributed by atoms with E-state index in [1.54, 1.807) is 37.4 Å². The minimum atomic E-state index is -0.203. The van der Waals surface area contributed by atoms with Crippen molar-refractivity contribution in [2.45, 2.75) is 6.54 Å². The van der Waals surface area contributed by atoms with E-state index in [1.807, 2.05) is 6.07 Å². The van der Waals surface area contributed by atoms with Crippen LogP contribution in [0.1, 0.15) is 21.5 Å². The summed E-state index contributed by atoms with van der Waals surface area (Å²) in [4.78, 5) is 18.1. The van der Waals surface area contributed by atoms with E-state index in [4.69, 9.17) is 13.9 Å². The van der Waals surface area contributed by atoms with Gasteiger partial charge < -0.3 is 23.9 Å². The van der Waals surface area contributed by atoms with Crippen molar-refractivity contribution in [3.63, 3.8) is 0 Å². The number of nitrogens with zero attached hydrogens (tertiary/aromatic N) is 2. The van der Waals surface area contributed by atoms with Crippen LogP contribution >= 0.6 is 0 Å². The van der Waals surface area contributed by atoms with Crippen LogP contribution in [0.3, 0.4) is 0 Å². The molecule has 1 aromatic heterocycles. The van der Waals surface area contributed by atoms with Gasteiger partial charge in [0.1, 0.15) is 17.6 Å². The lowest BCUT2D eigenvalue weighted by Crippen LogP contribution is -2.46. The lowest BCUT2D eigenvalue weighted by molar-refractivity contribution is 0.103. The number of aromatic hydroxyl groups is 1. The Morgan fingerprint density at radius 2 is 1.69 bits per heavy atom. The molecule has 0 atom stereocenters. The van der Waals surface area contributed by atoms with Crippen molar-refractivity contribution in [1.29, 1.82) is 0 Å². The SMILES string of the molecule is COc1ccc(C(=O)c2coc3ccc(O)c(CN4CCN(c5ccccc5)CC4)c23)cc1OC. The quantitative estimate of drug-likeness (QED) is 0.391. The van der Waals surface area contributed by atoms with Gasteiger partial charge in [-0.3, -0.25) is 9.69 Å². The van der Waals surface area contributed by atoms with Gasteiger partial charge in [0.25, 0.3) is 0 Å². The van der Waals surface area contributed by atoms with Crippen LogP contribution in [0.2, 0.25) is 0 Å². The molecule has 35 heavy (non-hydrogen) atoms. The summed E-state index contributed by atoms with van der Waals surface area (Å²) in [5, 5.41) is 11.4. The fourth-order valence-corrected chi connectivity index (χ4v) is 4.68. The summed E-state index contributed by atoms with van der Waals surface area (Å²) in [6.07, 6.45) is 1.47. The zero-order valence-electron chi connectivity index (χ0n) is 19.9. The van der Waals surface area contributed by atoms with Crippen molar-refractivity contribution in [1.82, 2.24) is 4.90 Å². The van der Waals surface area contributed by atoms with E-state index in [-0.39, 0.29) is 11.5 Å². The average molecular weight is 473 g/mol. The third-order valence-electron chi connectivity index (χ3n) is 6.59. The summed E-state index contributed by atoms with van der Waals surface area (Å²) in [7, 11) is 3.09. The number of para-hydroxylation sites is 1. The van der Waals surface area contributed by atoms with E-state index in [0.717, 1.165) is 26.2 Å². The van der Waals surface area contributed by atoms with E-state index in [1.165, 1.54) is 19.1 Å². The number of hydrogen-bond donors (Lipinski definition) is 1. The first kappa shape index (κ1) is 22.8. The van der Waals surface area contributed by atoms with Gasteiger partial charge in [0.15, 0.2) is 17.3 Å². The molecule has 0 spiro atoms. The number of ether oxygens (including phenoxy) is 2. The second kappa shape index (κ2) is 9.72. The number of methoxy groups -OCH3 is 2. The number of benzene rings is 3. The second-order valence-electron chi connectivity index (χ2n) is 8.58. The number of ketones is 1. The number of phenolic OH excluding ortho intramolecular Hbond substituents is 1. The highest BCUT2D eigenvalue weighted by Crippen LogP contribution is 2.35. The molecule has 1 aliphatic rings. The summed E-state index contributed by atoms with van der Waals surface area (Å²) < 4.78 is 16.4. The molecule has 3 aromatic carbocycles. The Balaban J connectivity index is 1.42. The van der Waals surface area contributed by atoms with Crippen molar-refractivity contribution in [2.24, 2.45) is 0 Å².